The standard InChI is InChI=1S/C39H39ClF3N5O2/c1-3-27-30(40)7-4-23-15-26(49)16-28(32(23)27)31-22(2)14-29-34(33(31)41)45-36(46-35(29)48-17-24-5-6-25(18-48)44-24)50-21-37(8-9-37)20-47-12-10-38(11-13-47)19-39(38,42)43/h1,4,7,14-16,24-25,44,49H,5-6,8-13,17-21H2,2H3. The van der Waals surface area contributed by atoms with Crippen molar-refractivity contribution in [2.24, 2.45) is 10.8 Å². The van der Waals surface area contributed by atoms with E-state index in [0.717, 1.165) is 45.3 Å². The number of rotatable bonds is 7. The lowest BCUT2D eigenvalue weighted by Crippen LogP contribution is -2.51. The summed E-state index contributed by atoms with van der Waals surface area (Å²) < 4.78 is 51.6. The van der Waals surface area contributed by atoms with Gasteiger partial charge < -0.3 is 25.0 Å². The van der Waals surface area contributed by atoms with Gasteiger partial charge in [-0.1, -0.05) is 23.6 Å². The Bertz CT molecular complexity index is 2090. The predicted molar refractivity (Wildman–Crippen MR) is 189 cm³/mol. The number of anilines is 1. The maximum absolute atomic E-state index is 17.2. The fourth-order valence-electron chi connectivity index (χ4n) is 8.97. The summed E-state index contributed by atoms with van der Waals surface area (Å²) in [6, 6.07) is 9.23. The molecule has 2 atom stereocenters. The van der Waals surface area contributed by atoms with Crippen molar-refractivity contribution in [3.63, 3.8) is 0 Å². The fraction of sp³-hybridized carbons (Fsp3) is 0.487. The molecule has 0 amide bonds. The highest BCUT2D eigenvalue weighted by molar-refractivity contribution is 6.33. The molecule has 2 saturated carbocycles. The molecule has 260 valence electrons. The number of aromatic hydroxyl groups is 1. The van der Waals surface area contributed by atoms with Crippen molar-refractivity contribution in [1.82, 2.24) is 20.2 Å². The maximum Gasteiger partial charge on any atom is 0.319 e. The Morgan fingerprint density at radius 3 is 2.46 bits per heavy atom. The second-order valence-electron chi connectivity index (χ2n) is 15.5. The molecule has 50 heavy (non-hydrogen) atoms. The number of benzene rings is 3. The van der Waals surface area contributed by atoms with Gasteiger partial charge in [0.05, 0.1) is 17.2 Å². The second-order valence-corrected chi connectivity index (χ2v) is 15.9. The molecule has 2 unspecified atom stereocenters. The number of alkyl halides is 2. The highest BCUT2D eigenvalue weighted by Crippen LogP contribution is 2.66. The van der Waals surface area contributed by atoms with Gasteiger partial charge in [-0.25, -0.2) is 13.2 Å². The van der Waals surface area contributed by atoms with Gasteiger partial charge in [0.15, 0.2) is 5.82 Å². The number of phenolic OH excluding ortho intramolecular Hbond substituents is 1. The van der Waals surface area contributed by atoms with Crippen LogP contribution in [0.5, 0.6) is 11.8 Å². The number of nitrogens with zero attached hydrogens (tertiary/aromatic N) is 4. The third-order valence-corrected chi connectivity index (χ3v) is 12.4. The first-order chi connectivity index (χ1) is 24.0. The summed E-state index contributed by atoms with van der Waals surface area (Å²) in [4.78, 5) is 14.2. The van der Waals surface area contributed by atoms with Gasteiger partial charge in [0.2, 0.25) is 0 Å². The molecular weight excluding hydrogens is 663 g/mol. The molecule has 3 saturated heterocycles. The van der Waals surface area contributed by atoms with Gasteiger partial charge in [-0.05, 0) is 99.3 Å². The number of aryl methyl sites for hydroxylation is 1. The molecule has 1 aromatic heterocycles. The summed E-state index contributed by atoms with van der Waals surface area (Å²) in [6.45, 7) is 5.80. The topological polar surface area (TPSA) is 73.8 Å². The fourth-order valence-corrected chi connectivity index (χ4v) is 9.18. The van der Waals surface area contributed by atoms with Gasteiger partial charge in [-0.2, -0.15) is 9.97 Å². The smallest absolute Gasteiger partial charge is 0.319 e. The van der Waals surface area contributed by atoms with Gasteiger partial charge in [0.1, 0.15) is 17.1 Å². The molecule has 4 heterocycles. The lowest BCUT2D eigenvalue weighted by molar-refractivity contribution is 0.0252. The molecule has 3 aliphatic heterocycles. The van der Waals surface area contributed by atoms with Crippen LogP contribution in [0.3, 0.4) is 0 Å². The van der Waals surface area contributed by atoms with E-state index in [1.54, 1.807) is 18.2 Å². The Morgan fingerprint density at radius 1 is 1.08 bits per heavy atom. The lowest BCUT2D eigenvalue weighted by atomic mass is 9.90. The third kappa shape index (κ3) is 5.27. The molecule has 1 spiro atoms. The van der Waals surface area contributed by atoms with E-state index in [2.05, 4.69) is 21.0 Å². The van der Waals surface area contributed by atoms with Gasteiger partial charge in [0, 0.05) is 65.3 Å². The van der Waals surface area contributed by atoms with E-state index in [-0.39, 0.29) is 34.7 Å². The summed E-state index contributed by atoms with van der Waals surface area (Å²) in [5, 5.41) is 16.6. The third-order valence-electron chi connectivity index (χ3n) is 12.1. The van der Waals surface area contributed by atoms with Crippen LogP contribution in [0, 0.1) is 35.9 Å². The summed E-state index contributed by atoms with van der Waals surface area (Å²) in [7, 11) is 0. The second kappa shape index (κ2) is 11.4. The molecule has 2 N–H and O–H groups in total. The Kier molecular flexibility index (Phi) is 7.31. The Morgan fingerprint density at radius 2 is 1.80 bits per heavy atom. The van der Waals surface area contributed by atoms with Crippen molar-refractivity contribution in [2.75, 3.05) is 44.2 Å². The molecule has 4 aromatic rings. The highest BCUT2D eigenvalue weighted by atomic mass is 35.5. The summed E-state index contributed by atoms with van der Waals surface area (Å²) in [5.74, 6) is 0.221. The van der Waals surface area contributed by atoms with E-state index in [4.69, 9.17) is 32.7 Å². The number of terminal acetylenes is 1. The minimum Gasteiger partial charge on any atom is -0.508 e. The van der Waals surface area contributed by atoms with Crippen molar-refractivity contribution >= 4 is 39.1 Å². The van der Waals surface area contributed by atoms with Crippen LogP contribution in [0.1, 0.15) is 56.1 Å². The zero-order valence-corrected chi connectivity index (χ0v) is 28.7. The van der Waals surface area contributed by atoms with Crippen LogP contribution in [0.15, 0.2) is 30.3 Å². The molecule has 5 aliphatic rings. The number of piperazine rings is 1. The average molecular weight is 702 g/mol. The molecule has 11 heteroatoms. The van der Waals surface area contributed by atoms with Crippen molar-refractivity contribution in [2.45, 2.75) is 69.9 Å². The van der Waals surface area contributed by atoms with E-state index >= 15 is 4.39 Å². The first-order valence-electron chi connectivity index (χ1n) is 17.6. The maximum atomic E-state index is 17.2. The molecule has 5 fully saturated rings. The zero-order valence-electron chi connectivity index (χ0n) is 28.0. The van der Waals surface area contributed by atoms with Crippen LogP contribution in [0.2, 0.25) is 5.02 Å². The normalized spacial score (nSPS) is 24.5. The molecule has 0 radical (unpaired) electrons. The first-order valence-corrected chi connectivity index (χ1v) is 18.0. The number of hydrogen-bond donors (Lipinski definition) is 2. The Hall–Kier alpha value is -3.78. The summed E-state index contributed by atoms with van der Waals surface area (Å²) in [6.07, 6.45) is 11.1. The predicted octanol–water partition coefficient (Wildman–Crippen LogP) is 7.46. The Balaban J connectivity index is 1.09. The number of phenols is 1. The largest absolute Gasteiger partial charge is 0.508 e. The van der Waals surface area contributed by atoms with Gasteiger partial charge in [-0.3, -0.25) is 0 Å². The SMILES string of the molecule is C#Cc1c(Cl)ccc2cc(O)cc(-c3c(C)cc4c(N5CC6CCC(C5)N6)nc(OCC5(CN6CCC7(CC6)CC7(F)F)CC5)nc4c3F)c12. The van der Waals surface area contributed by atoms with Crippen LogP contribution in [0.4, 0.5) is 19.0 Å². The van der Waals surface area contributed by atoms with Crippen molar-refractivity contribution < 1.29 is 23.0 Å². The summed E-state index contributed by atoms with van der Waals surface area (Å²) >= 11 is 6.52. The van der Waals surface area contributed by atoms with Crippen molar-refractivity contribution in [3.8, 4) is 35.2 Å². The number of fused-ring (bicyclic) bond motifs is 4. The summed E-state index contributed by atoms with van der Waals surface area (Å²) in [5.41, 5.74) is 1.02. The van der Waals surface area contributed by atoms with Gasteiger partial charge >= 0.3 is 6.01 Å². The highest BCUT2D eigenvalue weighted by Gasteiger charge is 2.70. The van der Waals surface area contributed by atoms with E-state index in [9.17, 15) is 13.9 Å². The first kappa shape index (κ1) is 32.1. The van der Waals surface area contributed by atoms with Crippen LogP contribution in [0.25, 0.3) is 32.8 Å². The van der Waals surface area contributed by atoms with E-state index in [1.807, 2.05) is 13.0 Å². The molecule has 3 aromatic carbocycles. The molecule has 9 rings (SSSR count). The lowest BCUT2D eigenvalue weighted by Gasteiger charge is -2.35. The van der Waals surface area contributed by atoms with E-state index in [1.165, 1.54) is 6.07 Å². The number of nitrogens with one attached hydrogen (secondary N) is 1. The van der Waals surface area contributed by atoms with E-state index in [0.29, 0.717) is 88.3 Å². The number of aromatic nitrogens is 2. The average Bonchev–Trinajstić information content (AvgIpc) is 3.93. The quantitative estimate of drug-likeness (QED) is 0.194. The monoisotopic (exact) mass is 701 g/mol. The number of ether oxygens (including phenoxy) is 1. The Labute approximate surface area is 294 Å². The van der Waals surface area contributed by atoms with Crippen molar-refractivity contribution in [1.29, 1.82) is 0 Å². The number of halogens is 4. The molecule has 2 aliphatic carbocycles. The van der Waals surface area contributed by atoms with Crippen LogP contribution < -0.4 is 15.0 Å². The van der Waals surface area contributed by atoms with Crippen molar-refractivity contribution in [3.05, 3.63) is 52.3 Å². The van der Waals surface area contributed by atoms with Gasteiger partial charge in [-0.15, -0.1) is 6.42 Å². The number of hydrogen-bond acceptors (Lipinski definition) is 7. The minimum atomic E-state index is -2.51. The number of likely N-dealkylation sites (tertiary alicyclic amines) is 1. The molecule has 7 nitrogen and oxygen atoms in total. The molecule has 2 bridgehead atoms. The van der Waals surface area contributed by atoms with Crippen LogP contribution in [-0.2, 0) is 0 Å². The molecular formula is C39H39ClF3N5O2. The van der Waals surface area contributed by atoms with Crippen LogP contribution >= 0.6 is 11.6 Å². The van der Waals surface area contributed by atoms with Crippen LogP contribution in [-0.4, -0.2) is 77.3 Å². The minimum absolute atomic E-state index is 0.0233. The van der Waals surface area contributed by atoms with E-state index < -0.39 is 17.2 Å². The number of piperidine rings is 1. The van der Waals surface area contributed by atoms with Gasteiger partial charge in [0.25, 0.3) is 5.92 Å². The zero-order chi connectivity index (χ0) is 34.6.